The van der Waals surface area contributed by atoms with Gasteiger partial charge in [-0.15, -0.1) is 0 Å². The zero-order valence-electron chi connectivity index (χ0n) is 8.50. The monoisotopic (exact) mass is 272 g/mol. The number of halogens is 1. The molecule has 0 aliphatic heterocycles. The Labute approximate surface area is 97.0 Å². The SMILES string of the molecule is CCCCNc1ccc([N+](=O)[O-])cc1Br. The molecule has 1 rings (SSSR count). The van der Waals surface area contributed by atoms with Crippen molar-refractivity contribution in [2.45, 2.75) is 19.8 Å². The molecule has 0 aliphatic carbocycles. The molecule has 0 saturated carbocycles. The lowest BCUT2D eigenvalue weighted by molar-refractivity contribution is -0.384. The molecule has 0 aliphatic rings. The van der Waals surface area contributed by atoms with Crippen molar-refractivity contribution in [1.82, 2.24) is 0 Å². The van der Waals surface area contributed by atoms with Crippen LogP contribution in [0.25, 0.3) is 0 Å². The molecule has 4 nitrogen and oxygen atoms in total. The van der Waals surface area contributed by atoms with Gasteiger partial charge in [0.25, 0.3) is 5.69 Å². The Balaban J connectivity index is 2.70. The van der Waals surface area contributed by atoms with Crippen LogP contribution in [0.4, 0.5) is 11.4 Å². The molecule has 1 N–H and O–H groups in total. The first-order valence-corrected chi connectivity index (χ1v) is 5.62. The van der Waals surface area contributed by atoms with Crippen LogP contribution in [-0.4, -0.2) is 11.5 Å². The van der Waals surface area contributed by atoms with E-state index in [1.165, 1.54) is 12.1 Å². The quantitative estimate of drug-likeness (QED) is 0.507. The van der Waals surface area contributed by atoms with Crippen molar-refractivity contribution in [3.8, 4) is 0 Å². The first-order chi connectivity index (χ1) is 7.15. The van der Waals surface area contributed by atoms with Crippen LogP contribution < -0.4 is 5.32 Å². The average Bonchev–Trinajstić information content (AvgIpc) is 2.20. The van der Waals surface area contributed by atoms with Gasteiger partial charge in [-0.1, -0.05) is 13.3 Å². The summed E-state index contributed by atoms with van der Waals surface area (Å²) in [7, 11) is 0. The molecule has 15 heavy (non-hydrogen) atoms. The second kappa shape index (κ2) is 5.70. The fourth-order valence-electron chi connectivity index (χ4n) is 1.16. The molecule has 0 unspecified atom stereocenters. The standard InChI is InChI=1S/C10H13BrN2O2/c1-2-3-6-12-10-5-4-8(13(14)15)7-9(10)11/h4-5,7,12H,2-3,6H2,1H3. The van der Waals surface area contributed by atoms with E-state index in [2.05, 4.69) is 28.2 Å². The summed E-state index contributed by atoms with van der Waals surface area (Å²) >= 11 is 3.30. The third-order valence-electron chi connectivity index (χ3n) is 2.01. The highest BCUT2D eigenvalue weighted by Gasteiger charge is 2.08. The van der Waals surface area contributed by atoms with Crippen LogP contribution in [0.3, 0.4) is 0 Å². The summed E-state index contributed by atoms with van der Waals surface area (Å²) in [6, 6.07) is 4.73. The zero-order chi connectivity index (χ0) is 11.3. The van der Waals surface area contributed by atoms with Crippen LogP contribution in [0.1, 0.15) is 19.8 Å². The van der Waals surface area contributed by atoms with Crippen molar-refractivity contribution in [3.05, 3.63) is 32.8 Å². The number of unbranched alkanes of at least 4 members (excludes halogenated alkanes) is 1. The van der Waals surface area contributed by atoms with E-state index in [9.17, 15) is 10.1 Å². The van der Waals surface area contributed by atoms with Crippen molar-refractivity contribution in [3.63, 3.8) is 0 Å². The highest BCUT2D eigenvalue weighted by atomic mass is 79.9. The number of hydrogen-bond acceptors (Lipinski definition) is 3. The van der Waals surface area contributed by atoms with E-state index in [1.54, 1.807) is 6.07 Å². The maximum atomic E-state index is 10.5. The van der Waals surface area contributed by atoms with Crippen LogP contribution in [0.2, 0.25) is 0 Å². The molecule has 0 bridgehead atoms. The first-order valence-electron chi connectivity index (χ1n) is 4.83. The van der Waals surface area contributed by atoms with Gasteiger partial charge in [0.2, 0.25) is 0 Å². The molecule has 5 heteroatoms. The molecule has 82 valence electrons. The van der Waals surface area contributed by atoms with Crippen molar-refractivity contribution >= 4 is 27.3 Å². The number of nitrogens with zero attached hydrogens (tertiary/aromatic N) is 1. The van der Waals surface area contributed by atoms with Gasteiger partial charge in [0, 0.05) is 28.8 Å². The van der Waals surface area contributed by atoms with Gasteiger partial charge in [-0.2, -0.15) is 0 Å². The molecule has 0 saturated heterocycles. The third kappa shape index (κ3) is 3.51. The maximum absolute atomic E-state index is 10.5. The van der Waals surface area contributed by atoms with Crippen LogP contribution >= 0.6 is 15.9 Å². The van der Waals surface area contributed by atoms with E-state index in [1.807, 2.05) is 0 Å². The fraction of sp³-hybridized carbons (Fsp3) is 0.400. The lowest BCUT2D eigenvalue weighted by atomic mass is 10.2. The van der Waals surface area contributed by atoms with Crippen molar-refractivity contribution in [2.75, 3.05) is 11.9 Å². The minimum absolute atomic E-state index is 0.0999. The minimum Gasteiger partial charge on any atom is -0.384 e. The number of rotatable bonds is 5. The predicted molar refractivity (Wildman–Crippen MR) is 64.2 cm³/mol. The highest BCUT2D eigenvalue weighted by molar-refractivity contribution is 9.10. The van der Waals surface area contributed by atoms with Gasteiger partial charge in [-0.05, 0) is 28.4 Å². The molecular weight excluding hydrogens is 260 g/mol. The van der Waals surface area contributed by atoms with Crippen molar-refractivity contribution in [2.24, 2.45) is 0 Å². The molecule has 1 aromatic rings. The molecule has 0 atom stereocenters. The number of nitro benzene ring substituents is 1. The summed E-state index contributed by atoms with van der Waals surface area (Å²) in [6.07, 6.45) is 2.21. The summed E-state index contributed by atoms with van der Waals surface area (Å²) in [5.41, 5.74) is 0.997. The molecule has 0 amide bonds. The van der Waals surface area contributed by atoms with Crippen molar-refractivity contribution in [1.29, 1.82) is 0 Å². The van der Waals surface area contributed by atoms with E-state index in [-0.39, 0.29) is 5.69 Å². The van der Waals surface area contributed by atoms with Crippen LogP contribution in [0.15, 0.2) is 22.7 Å². The average molecular weight is 273 g/mol. The lowest BCUT2D eigenvalue weighted by Crippen LogP contribution is -2.01. The fourth-order valence-corrected chi connectivity index (χ4v) is 1.67. The summed E-state index contributed by atoms with van der Waals surface area (Å²) < 4.78 is 0.729. The smallest absolute Gasteiger partial charge is 0.270 e. The second-order valence-electron chi connectivity index (χ2n) is 3.20. The molecule has 0 radical (unpaired) electrons. The minimum atomic E-state index is -0.402. The summed E-state index contributed by atoms with van der Waals surface area (Å²) in [5, 5.41) is 13.7. The number of nitro groups is 1. The Kier molecular flexibility index (Phi) is 4.55. The van der Waals surface area contributed by atoms with Crippen LogP contribution in [0, 0.1) is 10.1 Å². The first kappa shape index (κ1) is 12.0. The van der Waals surface area contributed by atoms with Gasteiger partial charge in [0.15, 0.2) is 0 Å². The predicted octanol–water partition coefficient (Wildman–Crippen LogP) is 3.57. The van der Waals surface area contributed by atoms with E-state index in [4.69, 9.17) is 0 Å². The summed E-state index contributed by atoms with van der Waals surface area (Å²) in [6.45, 7) is 3.00. The molecule has 1 aromatic carbocycles. The molecule has 0 spiro atoms. The summed E-state index contributed by atoms with van der Waals surface area (Å²) in [5.74, 6) is 0. The van der Waals surface area contributed by atoms with Crippen molar-refractivity contribution < 1.29 is 4.92 Å². The Morgan fingerprint density at radius 2 is 2.27 bits per heavy atom. The normalized spacial score (nSPS) is 10.0. The summed E-state index contributed by atoms with van der Waals surface area (Å²) in [4.78, 5) is 10.1. The van der Waals surface area contributed by atoms with E-state index in [0.29, 0.717) is 0 Å². The maximum Gasteiger partial charge on any atom is 0.270 e. The van der Waals surface area contributed by atoms with E-state index >= 15 is 0 Å². The molecule has 0 fully saturated rings. The Bertz CT molecular complexity index is 355. The largest absolute Gasteiger partial charge is 0.384 e. The number of hydrogen-bond donors (Lipinski definition) is 1. The Morgan fingerprint density at radius 3 is 2.80 bits per heavy atom. The Hall–Kier alpha value is -1.10. The van der Waals surface area contributed by atoms with Gasteiger partial charge in [-0.3, -0.25) is 10.1 Å². The number of nitrogens with one attached hydrogen (secondary N) is 1. The second-order valence-corrected chi connectivity index (χ2v) is 4.06. The van der Waals surface area contributed by atoms with E-state index < -0.39 is 4.92 Å². The number of benzene rings is 1. The molecule has 0 aromatic heterocycles. The van der Waals surface area contributed by atoms with Gasteiger partial charge in [0.05, 0.1) is 4.92 Å². The number of anilines is 1. The van der Waals surface area contributed by atoms with Gasteiger partial charge in [0.1, 0.15) is 0 Å². The Morgan fingerprint density at radius 1 is 1.53 bits per heavy atom. The van der Waals surface area contributed by atoms with Crippen LogP contribution in [0.5, 0.6) is 0 Å². The zero-order valence-corrected chi connectivity index (χ0v) is 10.1. The van der Waals surface area contributed by atoms with Gasteiger partial charge >= 0.3 is 0 Å². The van der Waals surface area contributed by atoms with E-state index in [0.717, 1.165) is 29.5 Å². The topological polar surface area (TPSA) is 55.2 Å². The highest BCUT2D eigenvalue weighted by Crippen LogP contribution is 2.26. The lowest BCUT2D eigenvalue weighted by Gasteiger charge is -2.07. The molecule has 0 heterocycles. The van der Waals surface area contributed by atoms with Crippen LogP contribution in [-0.2, 0) is 0 Å². The third-order valence-corrected chi connectivity index (χ3v) is 2.67. The molecular formula is C10H13BrN2O2. The van der Waals surface area contributed by atoms with Gasteiger partial charge < -0.3 is 5.32 Å². The number of non-ortho nitro benzene ring substituents is 1. The van der Waals surface area contributed by atoms with Gasteiger partial charge in [-0.25, -0.2) is 0 Å².